The summed E-state index contributed by atoms with van der Waals surface area (Å²) in [5.74, 6) is -0.181. The van der Waals surface area contributed by atoms with Crippen molar-refractivity contribution in [1.82, 2.24) is 20.8 Å². The number of ether oxygens (including phenoxy) is 2. The fourth-order valence-electron chi connectivity index (χ4n) is 3.21. The molecule has 3 rings (SSSR count). The number of amides is 2. The first kappa shape index (κ1) is 25.9. The van der Waals surface area contributed by atoms with Gasteiger partial charge in [0.15, 0.2) is 11.5 Å². The number of hydrazine groups is 1. The number of nitrogens with two attached hydrogens (primary N) is 1. The van der Waals surface area contributed by atoms with E-state index < -0.39 is 17.9 Å². The fraction of sp³-hybridized carbons (Fsp3) is 0.240. The zero-order valence-corrected chi connectivity index (χ0v) is 20.2. The average Bonchev–Trinajstić information content (AvgIpc) is 2.87. The van der Waals surface area contributed by atoms with E-state index in [9.17, 15) is 9.59 Å². The molecule has 1 heterocycles. The van der Waals surface area contributed by atoms with E-state index >= 15 is 0 Å². The minimum absolute atomic E-state index is 0.0518. The van der Waals surface area contributed by atoms with E-state index in [1.807, 2.05) is 20.8 Å². The van der Waals surface area contributed by atoms with Gasteiger partial charge in [0.05, 0.1) is 18.9 Å². The van der Waals surface area contributed by atoms with Crippen molar-refractivity contribution in [3.05, 3.63) is 77.9 Å². The lowest BCUT2D eigenvalue weighted by atomic mass is 10.0. The third kappa shape index (κ3) is 6.92. The number of aromatic nitrogens is 2. The fourth-order valence-corrected chi connectivity index (χ4v) is 3.21. The maximum atomic E-state index is 13.2. The maximum absolute atomic E-state index is 13.2. The smallest absolute Gasteiger partial charge is 0.289 e. The second-order valence-electron chi connectivity index (χ2n) is 7.91. The Balaban J connectivity index is 1.88. The molecule has 0 saturated carbocycles. The first-order valence-electron chi connectivity index (χ1n) is 11.3. The third-order valence-corrected chi connectivity index (χ3v) is 4.83. The molecule has 0 fully saturated rings. The number of carbonyl (C=O) groups excluding carboxylic acids is 2. The van der Waals surface area contributed by atoms with Gasteiger partial charge in [0.1, 0.15) is 17.6 Å². The van der Waals surface area contributed by atoms with Gasteiger partial charge in [0.25, 0.3) is 11.8 Å². The van der Waals surface area contributed by atoms with Gasteiger partial charge in [-0.1, -0.05) is 6.07 Å². The van der Waals surface area contributed by atoms with Crippen molar-refractivity contribution in [3.63, 3.8) is 0 Å². The van der Waals surface area contributed by atoms with E-state index in [-0.39, 0.29) is 17.6 Å². The first-order chi connectivity index (χ1) is 17.3. The van der Waals surface area contributed by atoms with E-state index in [0.717, 1.165) is 0 Å². The predicted octanol–water partition coefficient (Wildman–Crippen LogP) is 2.56. The second-order valence-corrected chi connectivity index (χ2v) is 7.91. The number of nitrogens with zero attached hydrogens (tertiary/aromatic N) is 2. The molecule has 0 saturated heterocycles. The topological polar surface area (TPSA) is 164 Å². The van der Waals surface area contributed by atoms with Gasteiger partial charge in [-0.3, -0.25) is 30.8 Å². The molecule has 0 aliphatic heterocycles. The maximum Gasteiger partial charge on any atom is 0.289 e. The quantitative estimate of drug-likeness (QED) is 0.164. The van der Waals surface area contributed by atoms with Gasteiger partial charge in [-0.25, -0.2) is 4.98 Å². The summed E-state index contributed by atoms with van der Waals surface area (Å²) in [5.41, 5.74) is 12.1. The highest BCUT2D eigenvalue weighted by Crippen LogP contribution is 2.32. The van der Waals surface area contributed by atoms with Crippen LogP contribution in [0, 0.1) is 5.41 Å². The molecule has 0 bridgehead atoms. The molecule has 1 aromatic heterocycles. The second kappa shape index (κ2) is 12.2. The number of hydrogen-bond acceptors (Lipinski definition) is 8. The van der Waals surface area contributed by atoms with Crippen LogP contribution in [0.5, 0.6) is 11.5 Å². The molecule has 0 radical (unpaired) electrons. The first-order valence-corrected chi connectivity index (χ1v) is 11.3. The van der Waals surface area contributed by atoms with Crippen molar-refractivity contribution in [2.45, 2.75) is 32.9 Å². The van der Waals surface area contributed by atoms with E-state index in [1.165, 1.54) is 18.6 Å². The van der Waals surface area contributed by atoms with Crippen molar-refractivity contribution in [1.29, 1.82) is 5.41 Å². The Morgan fingerprint density at radius 2 is 1.81 bits per heavy atom. The zero-order chi connectivity index (χ0) is 26.1. The molecule has 3 aromatic rings. The summed E-state index contributed by atoms with van der Waals surface area (Å²) in [4.78, 5) is 33.3. The molecule has 2 amide bonds. The Morgan fingerprint density at radius 3 is 2.42 bits per heavy atom. The number of amidine groups is 1. The molecule has 1 atom stereocenters. The SMILES string of the molecule is CCOc1cc(C(Nc2ccc(C(=N)N)cc2)C(=O)NNC(=O)c2cnccn2)ccc1OC(C)C. The molecule has 6 N–H and O–H groups in total. The van der Waals surface area contributed by atoms with Crippen LogP contribution in [0.15, 0.2) is 61.1 Å². The minimum Gasteiger partial charge on any atom is -0.490 e. The Morgan fingerprint density at radius 1 is 1.06 bits per heavy atom. The highest BCUT2D eigenvalue weighted by Gasteiger charge is 2.24. The number of benzene rings is 2. The Bertz CT molecular complexity index is 1200. The molecular weight excluding hydrogens is 462 g/mol. The van der Waals surface area contributed by atoms with E-state index in [1.54, 1.807) is 42.5 Å². The van der Waals surface area contributed by atoms with Gasteiger partial charge >= 0.3 is 0 Å². The van der Waals surface area contributed by atoms with Crippen LogP contribution in [0.1, 0.15) is 48.4 Å². The average molecular weight is 492 g/mol. The monoisotopic (exact) mass is 491 g/mol. The Hall–Kier alpha value is -4.67. The summed E-state index contributed by atoms with van der Waals surface area (Å²) in [6.45, 7) is 6.08. The summed E-state index contributed by atoms with van der Waals surface area (Å²) < 4.78 is 11.6. The normalized spacial score (nSPS) is 11.3. The summed E-state index contributed by atoms with van der Waals surface area (Å²) in [6, 6.07) is 11.0. The lowest BCUT2D eigenvalue weighted by Crippen LogP contribution is -2.45. The van der Waals surface area contributed by atoms with Crippen molar-refractivity contribution < 1.29 is 19.1 Å². The van der Waals surface area contributed by atoms with Crippen molar-refractivity contribution >= 4 is 23.3 Å². The molecule has 0 aliphatic rings. The van der Waals surface area contributed by atoms with Gasteiger partial charge in [-0.2, -0.15) is 0 Å². The third-order valence-electron chi connectivity index (χ3n) is 4.83. The van der Waals surface area contributed by atoms with Crippen LogP contribution in [-0.4, -0.2) is 40.3 Å². The molecular formula is C25H29N7O4. The van der Waals surface area contributed by atoms with E-state index in [4.69, 9.17) is 20.6 Å². The molecule has 188 valence electrons. The predicted molar refractivity (Wildman–Crippen MR) is 135 cm³/mol. The van der Waals surface area contributed by atoms with Gasteiger partial charge in [-0.15, -0.1) is 0 Å². The molecule has 11 heteroatoms. The molecule has 1 unspecified atom stereocenters. The number of anilines is 1. The van der Waals surface area contributed by atoms with Gasteiger partial charge in [0, 0.05) is 23.6 Å². The van der Waals surface area contributed by atoms with Crippen LogP contribution >= 0.6 is 0 Å². The molecule has 36 heavy (non-hydrogen) atoms. The van der Waals surface area contributed by atoms with Gasteiger partial charge < -0.3 is 20.5 Å². The molecule has 0 spiro atoms. The van der Waals surface area contributed by atoms with Crippen LogP contribution < -0.4 is 31.4 Å². The lowest BCUT2D eigenvalue weighted by molar-refractivity contribution is -0.122. The van der Waals surface area contributed by atoms with Gasteiger partial charge in [0.2, 0.25) is 0 Å². The van der Waals surface area contributed by atoms with Crippen molar-refractivity contribution in [3.8, 4) is 11.5 Å². The van der Waals surface area contributed by atoms with E-state index in [2.05, 4.69) is 26.1 Å². The van der Waals surface area contributed by atoms with Gasteiger partial charge in [-0.05, 0) is 62.7 Å². The highest BCUT2D eigenvalue weighted by atomic mass is 16.5. The summed E-state index contributed by atoms with van der Waals surface area (Å²) in [5, 5.41) is 10.7. The largest absolute Gasteiger partial charge is 0.490 e. The minimum atomic E-state index is -0.928. The number of rotatable bonds is 10. The Labute approximate surface area is 208 Å². The van der Waals surface area contributed by atoms with Crippen LogP contribution in [0.3, 0.4) is 0 Å². The highest BCUT2D eigenvalue weighted by molar-refractivity contribution is 5.96. The number of hydrogen-bond donors (Lipinski definition) is 5. The Kier molecular flexibility index (Phi) is 8.76. The molecule has 0 aliphatic carbocycles. The van der Waals surface area contributed by atoms with Crippen LogP contribution in [0.25, 0.3) is 0 Å². The number of nitrogens with one attached hydrogen (secondary N) is 4. The number of nitrogen functional groups attached to an aromatic ring is 1. The summed E-state index contributed by atoms with van der Waals surface area (Å²) in [7, 11) is 0. The van der Waals surface area contributed by atoms with Crippen molar-refractivity contribution in [2.75, 3.05) is 11.9 Å². The van der Waals surface area contributed by atoms with Crippen molar-refractivity contribution in [2.24, 2.45) is 5.73 Å². The van der Waals surface area contributed by atoms with Crippen LogP contribution in [-0.2, 0) is 4.79 Å². The standard InChI is InChI=1S/C25H29N7O4/c1-4-35-21-13-17(7-10-20(21)36-15(2)3)22(30-18-8-5-16(6-9-18)23(26)27)25(34)32-31-24(33)19-14-28-11-12-29-19/h5-15,22,30H,4H2,1-3H3,(H3,26,27)(H,31,33)(H,32,34). The van der Waals surface area contributed by atoms with E-state index in [0.29, 0.717) is 34.9 Å². The summed E-state index contributed by atoms with van der Waals surface area (Å²) >= 11 is 0. The molecule has 2 aromatic carbocycles. The van der Waals surface area contributed by atoms with Crippen LogP contribution in [0.4, 0.5) is 5.69 Å². The lowest BCUT2D eigenvalue weighted by Gasteiger charge is -2.22. The zero-order valence-electron chi connectivity index (χ0n) is 20.2. The summed E-state index contributed by atoms with van der Waals surface area (Å²) in [6.07, 6.45) is 4.04. The molecule has 11 nitrogen and oxygen atoms in total. The number of carbonyl (C=O) groups is 2. The van der Waals surface area contributed by atoms with Crippen LogP contribution in [0.2, 0.25) is 0 Å².